The summed E-state index contributed by atoms with van der Waals surface area (Å²) in [5.41, 5.74) is 1.17. The highest BCUT2D eigenvalue weighted by Crippen LogP contribution is 2.19. The van der Waals surface area contributed by atoms with E-state index in [4.69, 9.17) is 5.26 Å². The van der Waals surface area contributed by atoms with Gasteiger partial charge in [0.15, 0.2) is 0 Å². The number of nitrogens with one attached hydrogen (secondary N) is 1. The smallest absolute Gasteiger partial charge is 0.261 e. The van der Waals surface area contributed by atoms with Crippen LogP contribution in [0.2, 0.25) is 0 Å². The minimum absolute atomic E-state index is 0.0649. The van der Waals surface area contributed by atoms with Crippen LogP contribution in [0, 0.1) is 11.3 Å². The number of hydrogen-bond donors (Lipinski definition) is 1. The lowest BCUT2D eigenvalue weighted by Crippen LogP contribution is -2.35. The first-order valence-electron chi connectivity index (χ1n) is 8.42. The molecule has 0 bridgehead atoms. The van der Waals surface area contributed by atoms with Crippen molar-refractivity contribution in [3.8, 4) is 6.07 Å². The lowest BCUT2D eigenvalue weighted by Gasteiger charge is -2.26. The Labute approximate surface area is 153 Å². The Bertz CT molecular complexity index is 941. The van der Waals surface area contributed by atoms with Crippen molar-refractivity contribution in [3.63, 3.8) is 0 Å². The third kappa shape index (κ3) is 4.03. The fourth-order valence-electron chi connectivity index (χ4n) is 2.92. The molecule has 1 amide bonds. The van der Waals surface area contributed by atoms with Crippen molar-refractivity contribution in [3.05, 3.63) is 59.7 Å². The molecule has 26 heavy (non-hydrogen) atoms. The van der Waals surface area contributed by atoms with Gasteiger partial charge in [0, 0.05) is 18.7 Å². The molecule has 0 saturated carbocycles. The van der Waals surface area contributed by atoms with Crippen LogP contribution >= 0.6 is 0 Å². The molecule has 1 saturated heterocycles. The first-order valence-corrected chi connectivity index (χ1v) is 9.90. The summed E-state index contributed by atoms with van der Waals surface area (Å²) in [6.45, 7) is 1.49. The van der Waals surface area contributed by atoms with Crippen molar-refractivity contribution in [2.24, 2.45) is 0 Å². The predicted octanol–water partition coefficient (Wildman–Crippen LogP) is 2.99. The standard InChI is InChI=1S/C19H19N3O3S/c20-14-15-5-4-6-17(13-15)21-26(24,25)18-9-7-16(8-10-18)19(23)22-11-2-1-3-12-22/h4-10,13,21H,1-3,11-12H2. The van der Waals surface area contributed by atoms with E-state index in [0.717, 1.165) is 32.4 Å². The molecule has 1 aliphatic rings. The maximum atomic E-state index is 12.5. The first kappa shape index (κ1) is 18.0. The zero-order valence-corrected chi connectivity index (χ0v) is 15.0. The molecule has 0 radical (unpaired) electrons. The van der Waals surface area contributed by atoms with Crippen LogP contribution in [0.5, 0.6) is 0 Å². The normalized spacial score (nSPS) is 14.5. The number of benzene rings is 2. The molecule has 0 aliphatic carbocycles. The zero-order valence-electron chi connectivity index (χ0n) is 14.2. The first-order chi connectivity index (χ1) is 12.5. The Morgan fingerprint density at radius 1 is 1.04 bits per heavy atom. The van der Waals surface area contributed by atoms with Crippen molar-refractivity contribution in [1.82, 2.24) is 4.90 Å². The molecule has 7 heteroatoms. The van der Waals surface area contributed by atoms with Gasteiger partial charge in [-0.1, -0.05) is 6.07 Å². The van der Waals surface area contributed by atoms with Crippen LogP contribution in [0.3, 0.4) is 0 Å². The number of piperidine rings is 1. The van der Waals surface area contributed by atoms with Gasteiger partial charge in [-0.15, -0.1) is 0 Å². The van der Waals surface area contributed by atoms with E-state index in [2.05, 4.69) is 4.72 Å². The highest BCUT2D eigenvalue weighted by molar-refractivity contribution is 7.92. The summed E-state index contributed by atoms with van der Waals surface area (Å²) in [6, 6.07) is 14.1. The van der Waals surface area contributed by atoms with Crippen molar-refractivity contribution in [2.45, 2.75) is 24.2 Å². The Balaban J connectivity index is 1.76. The van der Waals surface area contributed by atoms with Gasteiger partial charge in [-0.3, -0.25) is 9.52 Å². The number of amides is 1. The Kier molecular flexibility index (Phi) is 5.24. The van der Waals surface area contributed by atoms with E-state index in [1.54, 1.807) is 23.1 Å². The molecule has 2 aromatic rings. The highest BCUT2D eigenvalue weighted by Gasteiger charge is 2.20. The summed E-state index contributed by atoms with van der Waals surface area (Å²) in [4.78, 5) is 14.3. The molecule has 1 fully saturated rings. The number of sulfonamides is 1. The molecule has 0 aromatic heterocycles. The number of anilines is 1. The van der Waals surface area contributed by atoms with Gasteiger partial charge in [-0.25, -0.2) is 8.42 Å². The van der Waals surface area contributed by atoms with E-state index in [0.29, 0.717) is 16.8 Å². The summed E-state index contributed by atoms with van der Waals surface area (Å²) in [6.07, 6.45) is 3.15. The van der Waals surface area contributed by atoms with E-state index < -0.39 is 10.0 Å². The van der Waals surface area contributed by atoms with Gasteiger partial charge in [0.2, 0.25) is 0 Å². The van der Waals surface area contributed by atoms with Crippen LogP contribution < -0.4 is 4.72 Å². The van der Waals surface area contributed by atoms with Gasteiger partial charge >= 0.3 is 0 Å². The topological polar surface area (TPSA) is 90.3 Å². The molecular formula is C19H19N3O3S. The Morgan fingerprint density at radius 3 is 2.38 bits per heavy atom. The van der Waals surface area contributed by atoms with Crippen LogP contribution in [0.4, 0.5) is 5.69 Å². The fourth-order valence-corrected chi connectivity index (χ4v) is 3.97. The molecule has 6 nitrogen and oxygen atoms in total. The quantitative estimate of drug-likeness (QED) is 0.897. The summed E-state index contributed by atoms with van der Waals surface area (Å²) in [5.74, 6) is -0.0664. The minimum atomic E-state index is -3.79. The summed E-state index contributed by atoms with van der Waals surface area (Å²) >= 11 is 0. The molecule has 0 atom stereocenters. The highest BCUT2D eigenvalue weighted by atomic mass is 32.2. The lowest BCUT2D eigenvalue weighted by molar-refractivity contribution is 0.0724. The maximum Gasteiger partial charge on any atom is 0.261 e. The molecular weight excluding hydrogens is 350 g/mol. The molecule has 1 aliphatic heterocycles. The number of rotatable bonds is 4. The number of carbonyl (C=O) groups excluding carboxylic acids is 1. The molecule has 1 N–H and O–H groups in total. The number of likely N-dealkylation sites (tertiary alicyclic amines) is 1. The van der Waals surface area contributed by atoms with Crippen LogP contribution in [-0.2, 0) is 10.0 Å². The van der Waals surface area contributed by atoms with Crippen molar-refractivity contribution in [1.29, 1.82) is 5.26 Å². The van der Waals surface area contributed by atoms with Crippen molar-refractivity contribution >= 4 is 21.6 Å². The number of hydrogen-bond acceptors (Lipinski definition) is 4. The monoisotopic (exact) mass is 369 g/mol. The van der Waals surface area contributed by atoms with E-state index >= 15 is 0 Å². The maximum absolute atomic E-state index is 12.5. The fraction of sp³-hybridized carbons (Fsp3) is 0.263. The second-order valence-electron chi connectivity index (χ2n) is 6.18. The molecule has 2 aromatic carbocycles. The van der Waals surface area contributed by atoms with Crippen LogP contribution in [-0.4, -0.2) is 32.3 Å². The van der Waals surface area contributed by atoms with Crippen LogP contribution in [0.15, 0.2) is 53.4 Å². The largest absolute Gasteiger partial charge is 0.339 e. The van der Waals surface area contributed by atoms with E-state index in [9.17, 15) is 13.2 Å². The van der Waals surface area contributed by atoms with Crippen LogP contribution in [0.25, 0.3) is 0 Å². The molecule has 3 rings (SSSR count). The number of nitriles is 1. The molecule has 1 heterocycles. The van der Waals surface area contributed by atoms with Gasteiger partial charge in [-0.05, 0) is 61.7 Å². The average molecular weight is 369 g/mol. The lowest BCUT2D eigenvalue weighted by atomic mass is 10.1. The van der Waals surface area contributed by atoms with E-state index in [1.807, 2.05) is 6.07 Å². The second-order valence-corrected chi connectivity index (χ2v) is 7.86. The van der Waals surface area contributed by atoms with E-state index in [-0.39, 0.29) is 10.8 Å². The summed E-state index contributed by atoms with van der Waals surface area (Å²) in [7, 11) is -3.79. The second kappa shape index (κ2) is 7.58. The van der Waals surface area contributed by atoms with Gasteiger partial charge in [-0.2, -0.15) is 5.26 Å². The van der Waals surface area contributed by atoms with Crippen LogP contribution in [0.1, 0.15) is 35.2 Å². The van der Waals surface area contributed by atoms with E-state index in [1.165, 1.54) is 30.3 Å². The summed E-state index contributed by atoms with van der Waals surface area (Å²) < 4.78 is 27.4. The van der Waals surface area contributed by atoms with Gasteiger partial charge < -0.3 is 4.90 Å². The zero-order chi connectivity index (χ0) is 18.6. The van der Waals surface area contributed by atoms with Gasteiger partial charge in [0.1, 0.15) is 0 Å². The third-order valence-electron chi connectivity index (χ3n) is 4.30. The van der Waals surface area contributed by atoms with Gasteiger partial charge in [0.25, 0.3) is 15.9 Å². The molecule has 0 spiro atoms. The van der Waals surface area contributed by atoms with Crippen molar-refractivity contribution < 1.29 is 13.2 Å². The number of carbonyl (C=O) groups is 1. The molecule has 0 unspecified atom stereocenters. The van der Waals surface area contributed by atoms with Gasteiger partial charge in [0.05, 0.1) is 22.2 Å². The number of nitrogens with zero attached hydrogens (tertiary/aromatic N) is 2. The SMILES string of the molecule is N#Cc1cccc(NS(=O)(=O)c2ccc(C(=O)N3CCCCC3)cc2)c1. The summed E-state index contributed by atoms with van der Waals surface area (Å²) in [5, 5.41) is 8.90. The average Bonchev–Trinajstić information content (AvgIpc) is 2.68. The molecule has 134 valence electrons. The Morgan fingerprint density at radius 2 is 1.73 bits per heavy atom. The minimum Gasteiger partial charge on any atom is -0.339 e. The Hall–Kier alpha value is -2.85. The third-order valence-corrected chi connectivity index (χ3v) is 5.70. The van der Waals surface area contributed by atoms with Crippen molar-refractivity contribution in [2.75, 3.05) is 17.8 Å². The predicted molar refractivity (Wildman–Crippen MR) is 98.2 cm³/mol.